The molecule has 2 fully saturated rings. The summed E-state index contributed by atoms with van der Waals surface area (Å²) in [5.74, 6) is 1.03. The SMILES string of the molecule is CCOC(=O)C1(N)CCCC1CCN1CCC(CC)CC1. The molecule has 0 aromatic rings. The third kappa shape index (κ3) is 3.98. The number of ether oxygens (including phenoxy) is 1. The quantitative estimate of drug-likeness (QED) is 0.765. The number of carbonyl (C=O) groups is 1. The molecule has 2 unspecified atom stereocenters. The monoisotopic (exact) mass is 296 g/mol. The van der Waals surface area contributed by atoms with Crippen molar-refractivity contribution in [1.82, 2.24) is 4.90 Å². The molecule has 2 aliphatic rings. The van der Waals surface area contributed by atoms with Crippen molar-refractivity contribution in [2.75, 3.05) is 26.2 Å². The van der Waals surface area contributed by atoms with Gasteiger partial charge in [0, 0.05) is 0 Å². The molecule has 1 saturated heterocycles. The zero-order valence-corrected chi connectivity index (χ0v) is 13.8. The van der Waals surface area contributed by atoms with E-state index in [1.165, 1.54) is 32.4 Å². The predicted molar refractivity (Wildman–Crippen MR) is 85.0 cm³/mol. The van der Waals surface area contributed by atoms with Gasteiger partial charge in [0.15, 0.2) is 0 Å². The van der Waals surface area contributed by atoms with Crippen LogP contribution in [0.2, 0.25) is 0 Å². The highest BCUT2D eigenvalue weighted by Crippen LogP contribution is 2.37. The number of nitrogens with zero attached hydrogens (tertiary/aromatic N) is 1. The summed E-state index contributed by atoms with van der Waals surface area (Å²) >= 11 is 0. The fraction of sp³-hybridized carbons (Fsp3) is 0.941. The Morgan fingerprint density at radius 1 is 1.29 bits per heavy atom. The normalized spacial score (nSPS) is 31.5. The van der Waals surface area contributed by atoms with Crippen molar-refractivity contribution in [2.24, 2.45) is 17.6 Å². The highest BCUT2D eigenvalue weighted by Gasteiger charge is 2.46. The summed E-state index contributed by atoms with van der Waals surface area (Å²) < 4.78 is 5.20. The van der Waals surface area contributed by atoms with Crippen LogP contribution in [-0.4, -0.2) is 42.6 Å². The summed E-state index contributed by atoms with van der Waals surface area (Å²) in [5.41, 5.74) is 5.67. The third-order valence-corrected chi connectivity index (χ3v) is 5.61. The van der Waals surface area contributed by atoms with Gasteiger partial charge in [-0.25, -0.2) is 0 Å². The summed E-state index contributed by atoms with van der Waals surface area (Å²) in [5, 5.41) is 0. The van der Waals surface area contributed by atoms with Crippen LogP contribution < -0.4 is 5.73 Å². The lowest BCUT2D eigenvalue weighted by Crippen LogP contribution is -2.52. The number of hydrogen-bond acceptors (Lipinski definition) is 4. The zero-order valence-electron chi connectivity index (χ0n) is 13.8. The van der Waals surface area contributed by atoms with Gasteiger partial charge >= 0.3 is 5.97 Å². The molecule has 0 radical (unpaired) electrons. The maximum atomic E-state index is 12.1. The second-order valence-electron chi connectivity index (χ2n) is 6.83. The largest absolute Gasteiger partial charge is 0.465 e. The standard InChI is InChI=1S/C17H32N2O2/c1-3-14-7-11-19(12-8-14)13-9-15-6-5-10-17(15,18)16(20)21-4-2/h14-15H,3-13,18H2,1-2H3. The minimum atomic E-state index is -0.724. The fourth-order valence-corrected chi connectivity index (χ4v) is 4.00. The molecule has 122 valence electrons. The Kier molecular flexibility index (Phi) is 6.06. The number of nitrogens with two attached hydrogens (primary N) is 1. The summed E-state index contributed by atoms with van der Waals surface area (Å²) in [6, 6.07) is 0. The molecule has 0 aromatic carbocycles. The minimum Gasteiger partial charge on any atom is -0.465 e. The molecule has 2 atom stereocenters. The van der Waals surface area contributed by atoms with Crippen LogP contribution in [0.25, 0.3) is 0 Å². The van der Waals surface area contributed by atoms with Crippen molar-refractivity contribution in [1.29, 1.82) is 0 Å². The molecule has 1 aliphatic carbocycles. The van der Waals surface area contributed by atoms with Gasteiger partial charge in [0.2, 0.25) is 0 Å². The fourth-order valence-electron chi connectivity index (χ4n) is 4.00. The Balaban J connectivity index is 1.81. The molecule has 2 rings (SSSR count). The van der Waals surface area contributed by atoms with Crippen LogP contribution in [0.4, 0.5) is 0 Å². The van der Waals surface area contributed by atoms with Crippen molar-refractivity contribution in [3.63, 3.8) is 0 Å². The lowest BCUT2D eigenvalue weighted by molar-refractivity contribution is -0.151. The van der Waals surface area contributed by atoms with E-state index in [4.69, 9.17) is 10.5 Å². The summed E-state index contributed by atoms with van der Waals surface area (Å²) in [4.78, 5) is 14.7. The predicted octanol–water partition coefficient (Wildman–Crippen LogP) is 2.56. The van der Waals surface area contributed by atoms with Gasteiger partial charge in [0.05, 0.1) is 6.61 Å². The summed E-state index contributed by atoms with van der Waals surface area (Å²) in [6.45, 7) is 8.07. The van der Waals surface area contributed by atoms with Crippen molar-refractivity contribution >= 4 is 5.97 Å². The average molecular weight is 296 g/mol. The topological polar surface area (TPSA) is 55.6 Å². The highest BCUT2D eigenvalue weighted by atomic mass is 16.5. The molecule has 0 spiro atoms. The van der Waals surface area contributed by atoms with Gasteiger partial charge in [-0.05, 0) is 70.5 Å². The number of carbonyl (C=O) groups excluding carboxylic acids is 1. The Morgan fingerprint density at radius 2 is 2.00 bits per heavy atom. The first-order valence-corrected chi connectivity index (χ1v) is 8.78. The smallest absolute Gasteiger partial charge is 0.326 e. The van der Waals surface area contributed by atoms with Gasteiger partial charge in [-0.15, -0.1) is 0 Å². The Morgan fingerprint density at radius 3 is 2.62 bits per heavy atom. The molecule has 21 heavy (non-hydrogen) atoms. The Bertz CT molecular complexity index is 340. The number of piperidine rings is 1. The first-order valence-electron chi connectivity index (χ1n) is 8.78. The number of rotatable bonds is 6. The van der Waals surface area contributed by atoms with E-state index in [0.717, 1.165) is 38.1 Å². The zero-order chi connectivity index (χ0) is 15.3. The second kappa shape index (κ2) is 7.59. The van der Waals surface area contributed by atoms with Crippen molar-refractivity contribution in [2.45, 2.75) is 64.3 Å². The van der Waals surface area contributed by atoms with Gasteiger partial charge in [-0.1, -0.05) is 19.8 Å². The van der Waals surface area contributed by atoms with Crippen LogP contribution in [0.1, 0.15) is 58.8 Å². The van der Waals surface area contributed by atoms with Gasteiger partial charge in [0.1, 0.15) is 5.54 Å². The number of esters is 1. The molecule has 4 heteroatoms. The first kappa shape index (κ1) is 16.8. The maximum absolute atomic E-state index is 12.1. The van der Waals surface area contributed by atoms with E-state index in [2.05, 4.69) is 11.8 Å². The average Bonchev–Trinajstić information content (AvgIpc) is 2.88. The van der Waals surface area contributed by atoms with E-state index in [1.807, 2.05) is 6.92 Å². The van der Waals surface area contributed by atoms with Crippen LogP contribution in [-0.2, 0) is 9.53 Å². The maximum Gasteiger partial charge on any atom is 0.326 e. The molecule has 1 saturated carbocycles. The first-order chi connectivity index (χ1) is 10.1. The van der Waals surface area contributed by atoms with E-state index >= 15 is 0 Å². The van der Waals surface area contributed by atoms with E-state index in [1.54, 1.807) is 0 Å². The van der Waals surface area contributed by atoms with Gasteiger partial charge < -0.3 is 15.4 Å². The van der Waals surface area contributed by atoms with E-state index in [9.17, 15) is 4.79 Å². The Hall–Kier alpha value is -0.610. The van der Waals surface area contributed by atoms with Crippen LogP contribution in [0.15, 0.2) is 0 Å². The molecule has 2 N–H and O–H groups in total. The lowest BCUT2D eigenvalue weighted by Gasteiger charge is -2.34. The van der Waals surface area contributed by atoms with Crippen molar-refractivity contribution in [3.8, 4) is 0 Å². The Labute approximate surface area is 129 Å². The van der Waals surface area contributed by atoms with Gasteiger partial charge in [-0.3, -0.25) is 4.79 Å². The van der Waals surface area contributed by atoms with E-state index in [0.29, 0.717) is 12.5 Å². The molecule has 0 bridgehead atoms. The lowest BCUT2D eigenvalue weighted by atomic mass is 9.85. The van der Waals surface area contributed by atoms with E-state index in [-0.39, 0.29) is 5.97 Å². The van der Waals surface area contributed by atoms with Gasteiger partial charge in [0.25, 0.3) is 0 Å². The molecule has 0 aromatic heterocycles. The van der Waals surface area contributed by atoms with Gasteiger partial charge in [-0.2, -0.15) is 0 Å². The molecule has 4 nitrogen and oxygen atoms in total. The van der Waals surface area contributed by atoms with Crippen LogP contribution in [0.3, 0.4) is 0 Å². The minimum absolute atomic E-state index is 0.183. The second-order valence-corrected chi connectivity index (χ2v) is 6.83. The molecular weight excluding hydrogens is 264 g/mol. The molecular formula is C17H32N2O2. The van der Waals surface area contributed by atoms with Crippen LogP contribution in [0, 0.1) is 11.8 Å². The van der Waals surface area contributed by atoms with Crippen LogP contribution >= 0.6 is 0 Å². The number of likely N-dealkylation sites (tertiary alicyclic amines) is 1. The highest BCUT2D eigenvalue weighted by molar-refractivity contribution is 5.81. The third-order valence-electron chi connectivity index (χ3n) is 5.61. The molecule has 1 aliphatic heterocycles. The molecule has 1 heterocycles. The number of hydrogen-bond donors (Lipinski definition) is 1. The molecule has 0 amide bonds. The van der Waals surface area contributed by atoms with E-state index < -0.39 is 5.54 Å². The van der Waals surface area contributed by atoms with Crippen molar-refractivity contribution < 1.29 is 9.53 Å². The summed E-state index contributed by atoms with van der Waals surface area (Å²) in [6.07, 6.45) is 7.91. The van der Waals surface area contributed by atoms with Crippen molar-refractivity contribution in [3.05, 3.63) is 0 Å². The summed E-state index contributed by atoms with van der Waals surface area (Å²) in [7, 11) is 0. The van der Waals surface area contributed by atoms with Crippen LogP contribution in [0.5, 0.6) is 0 Å².